The Balaban J connectivity index is 2.19. The Morgan fingerprint density at radius 1 is 1.39 bits per heavy atom. The molecular formula is C13H17ClN4. The van der Waals surface area contributed by atoms with Gasteiger partial charge >= 0.3 is 0 Å². The summed E-state index contributed by atoms with van der Waals surface area (Å²) in [7, 11) is 0. The van der Waals surface area contributed by atoms with E-state index in [0.29, 0.717) is 6.42 Å². The normalized spacial score (nSPS) is 12.7. The van der Waals surface area contributed by atoms with Crippen LogP contribution in [0, 0.1) is 6.92 Å². The highest BCUT2D eigenvalue weighted by atomic mass is 35.5. The van der Waals surface area contributed by atoms with Crippen molar-refractivity contribution in [3.63, 3.8) is 0 Å². The van der Waals surface area contributed by atoms with Crippen LogP contribution in [0.25, 0.3) is 0 Å². The van der Waals surface area contributed by atoms with E-state index < -0.39 is 0 Å². The van der Waals surface area contributed by atoms with Gasteiger partial charge in [0.2, 0.25) is 0 Å². The first-order valence-electron chi connectivity index (χ1n) is 5.99. The lowest BCUT2D eigenvalue weighted by atomic mass is 10.0. The maximum Gasteiger partial charge on any atom is 0.138 e. The fourth-order valence-corrected chi connectivity index (χ4v) is 2.30. The second kappa shape index (κ2) is 5.50. The number of hydrogen-bond acceptors (Lipinski definition) is 3. The number of rotatable bonds is 4. The average Bonchev–Trinajstić information content (AvgIpc) is 2.75. The summed E-state index contributed by atoms with van der Waals surface area (Å²) in [5.74, 6) is 0.905. The van der Waals surface area contributed by atoms with E-state index in [2.05, 4.69) is 16.1 Å². The van der Waals surface area contributed by atoms with Crippen molar-refractivity contribution in [2.75, 3.05) is 0 Å². The van der Waals surface area contributed by atoms with Gasteiger partial charge in [-0.05, 0) is 37.1 Å². The third kappa shape index (κ3) is 2.89. The maximum atomic E-state index is 6.21. The van der Waals surface area contributed by atoms with Crippen LogP contribution in [-0.2, 0) is 13.0 Å². The lowest BCUT2D eigenvalue weighted by Crippen LogP contribution is -2.17. The zero-order valence-corrected chi connectivity index (χ0v) is 11.4. The zero-order valence-electron chi connectivity index (χ0n) is 10.6. The summed E-state index contributed by atoms with van der Waals surface area (Å²) in [6, 6.07) is 5.78. The van der Waals surface area contributed by atoms with E-state index in [9.17, 15) is 0 Å². The Morgan fingerprint density at radius 2 is 2.17 bits per heavy atom. The third-order valence-electron chi connectivity index (χ3n) is 2.89. The van der Waals surface area contributed by atoms with Crippen LogP contribution < -0.4 is 5.73 Å². The van der Waals surface area contributed by atoms with Gasteiger partial charge in [0.05, 0.1) is 0 Å². The molecule has 0 aliphatic rings. The van der Waals surface area contributed by atoms with Crippen molar-refractivity contribution in [2.45, 2.75) is 32.9 Å². The van der Waals surface area contributed by atoms with Gasteiger partial charge < -0.3 is 5.73 Å². The number of nitrogens with two attached hydrogens (primary N) is 1. The quantitative estimate of drug-likeness (QED) is 0.923. The van der Waals surface area contributed by atoms with Crippen molar-refractivity contribution >= 4 is 11.6 Å². The molecule has 18 heavy (non-hydrogen) atoms. The molecule has 4 nitrogen and oxygen atoms in total. The minimum Gasteiger partial charge on any atom is -0.324 e. The number of benzene rings is 1. The molecule has 1 heterocycles. The highest BCUT2D eigenvalue weighted by molar-refractivity contribution is 6.30. The molecule has 0 radical (unpaired) electrons. The number of aryl methyl sites for hydroxylation is 2. The Labute approximate surface area is 112 Å². The van der Waals surface area contributed by atoms with Crippen molar-refractivity contribution in [2.24, 2.45) is 5.73 Å². The molecule has 1 aromatic carbocycles. The van der Waals surface area contributed by atoms with E-state index in [4.69, 9.17) is 17.3 Å². The smallest absolute Gasteiger partial charge is 0.138 e. The summed E-state index contributed by atoms with van der Waals surface area (Å²) in [4.78, 5) is 4.24. The van der Waals surface area contributed by atoms with Crippen molar-refractivity contribution in [1.29, 1.82) is 0 Å². The molecule has 0 amide bonds. The van der Waals surface area contributed by atoms with Crippen molar-refractivity contribution in [3.8, 4) is 0 Å². The Kier molecular flexibility index (Phi) is 3.99. The molecule has 5 heteroatoms. The minimum absolute atomic E-state index is 0.114. The Bertz CT molecular complexity index is 515. The lowest BCUT2D eigenvalue weighted by molar-refractivity contribution is 0.581. The average molecular weight is 265 g/mol. The summed E-state index contributed by atoms with van der Waals surface area (Å²) in [6.07, 6.45) is 2.22. The summed E-state index contributed by atoms with van der Waals surface area (Å²) in [6.45, 7) is 4.85. The van der Waals surface area contributed by atoms with E-state index in [0.717, 1.165) is 28.5 Å². The lowest BCUT2D eigenvalue weighted by Gasteiger charge is -2.13. The summed E-state index contributed by atoms with van der Waals surface area (Å²) in [5, 5.41) is 4.86. The predicted octanol–water partition coefficient (Wildman–Crippen LogP) is 2.50. The van der Waals surface area contributed by atoms with Crippen LogP contribution in [-0.4, -0.2) is 14.8 Å². The molecule has 1 atom stereocenters. The summed E-state index contributed by atoms with van der Waals surface area (Å²) >= 11 is 6.05. The molecule has 1 unspecified atom stereocenters. The molecule has 2 aromatic rings. The van der Waals surface area contributed by atoms with Crippen LogP contribution in [0.2, 0.25) is 5.02 Å². The van der Waals surface area contributed by atoms with Crippen LogP contribution in [0.15, 0.2) is 24.5 Å². The van der Waals surface area contributed by atoms with E-state index >= 15 is 0 Å². The van der Waals surface area contributed by atoms with Gasteiger partial charge in [-0.15, -0.1) is 0 Å². The first kappa shape index (κ1) is 13.1. The molecule has 0 bridgehead atoms. The molecule has 0 aliphatic heterocycles. The molecule has 2 N–H and O–H groups in total. The molecule has 1 aromatic heterocycles. The topological polar surface area (TPSA) is 56.7 Å². The van der Waals surface area contributed by atoms with Crippen molar-refractivity contribution < 1.29 is 0 Å². The number of nitrogens with zero attached hydrogens (tertiary/aromatic N) is 3. The zero-order chi connectivity index (χ0) is 13.1. The molecule has 96 valence electrons. The van der Waals surface area contributed by atoms with Crippen LogP contribution in [0.3, 0.4) is 0 Å². The molecule has 0 saturated carbocycles. The van der Waals surface area contributed by atoms with E-state index in [1.54, 1.807) is 6.33 Å². The largest absolute Gasteiger partial charge is 0.324 e. The number of halogens is 1. The van der Waals surface area contributed by atoms with Crippen LogP contribution in [0.1, 0.15) is 29.9 Å². The fourth-order valence-electron chi connectivity index (χ4n) is 2.00. The second-order valence-electron chi connectivity index (χ2n) is 4.36. The monoisotopic (exact) mass is 264 g/mol. The summed E-state index contributed by atoms with van der Waals surface area (Å²) in [5.41, 5.74) is 8.36. The first-order valence-corrected chi connectivity index (χ1v) is 6.37. The van der Waals surface area contributed by atoms with Crippen LogP contribution in [0.5, 0.6) is 0 Å². The summed E-state index contributed by atoms with van der Waals surface area (Å²) < 4.78 is 1.86. The van der Waals surface area contributed by atoms with Gasteiger partial charge in [0, 0.05) is 24.0 Å². The Hall–Kier alpha value is -1.39. The van der Waals surface area contributed by atoms with Gasteiger partial charge in [-0.2, -0.15) is 5.10 Å². The van der Waals surface area contributed by atoms with Gasteiger partial charge in [0.25, 0.3) is 0 Å². The second-order valence-corrected chi connectivity index (χ2v) is 4.80. The van der Waals surface area contributed by atoms with Crippen LogP contribution in [0.4, 0.5) is 0 Å². The van der Waals surface area contributed by atoms with Gasteiger partial charge in [-0.1, -0.05) is 17.7 Å². The minimum atomic E-state index is -0.114. The maximum absolute atomic E-state index is 6.21. The van der Waals surface area contributed by atoms with Gasteiger partial charge in [-0.25, -0.2) is 4.98 Å². The van der Waals surface area contributed by atoms with Crippen molar-refractivity contribution in [3.05, 3.63) is 46.5 Å². The SMILES string of the molecule is CCn1ncnc1CC(N)c1cc(C)cc(Cl)c1. The molecule has 2 rings (SSSR count). The van der Waals surface area contributed by atoms with Gasteiger partial charge in [0.15, 0.2) is 0 Å². The molecule has 0 spiro atoms. The highest BCUT2D eigenvalue weighted by Gasteiger charge is 2.12. The van der Waals surface area contributed by atoms with E-state index in [1.165, 1.54) is 0 Å². The van der Waals surface area contributed by atoms with E-state index in [-0.39, 0.29) is 6.04 Å². The standard InChI is InChI=1S/C13H17ClN4/c1-3-18-13(16-8-17-18)7-12(15)10-4-9(2)5-11(14)6-10/h4-6,8,12H,3,7,15H2,1-2H3. The number of aromatic nitrogens is 3. The van der Waals surface area contributed by atoms with Crippen molar-refractivity contribution in [1.82, 2.24) is 14.8 Å². The van der Waals surface area contributed by atoms with Gasteiger partial charge in [-0.3, -0.25) is 4.68 Å². The molecule has 0 aliphatic carbocycles. The molecular weight excluding hydrogens is 248 g/mol. The molecule has 0 saturated heterocycles. The van der Waals surface area contributed by atoms with E-state index in [1.807, 2.05) is 30.7 Å². The number of hydrogen-bond donors (Lipinski definition) is 1. The highest BCUT2D eigenvalue weighted by Crippen LogP contribution is 2.21. The van der Waals surface area contributed by atoms with Gasteiger partial charge in [0.1, 0.15) is 12.2 Å². The molecule has 0 fully saturated rings. The third-order valence-corrected chi connectivity index (χ3v) is 3.11. The first-order chi connectivity index (χ1) is 8.60. The fraction of sp³-hybridized carbons (Fsp3) is 0.385. The Morgan fingerprint density at radius 3 is 2.83 bits per heavy atom. The predicted molar refractivity (Wildman–Crippen MR) is 72.5 cm³/mol. The van der Waals surface area contributed by atoms with Crippen LogP contribution >= 0.6 is 11.6 Å².